The zero-order valence-corrected chi connectivity index (χ0v) is 19.5. The first-order valence-corrected chi connectivity index (χ1v) is 10.7. The molecule has 1 heterocycles. The molecule has 0 fully saturated rings. The van der Waals surface area contributed by atoms with Crippen LogP contribution in [0.4, 0.5) is 5.69 Å². The summed E-state index contributed by atoms with van der Waals surface area (Å²) in [6, 6.07) is 21.1. The van der Waals surface area contributed by atoms with Crippen LogP contribution >= 0.6 is 0 Å². The van der Waals surface area contributed by atoms with Gasteiger partial charge in [0.25, 0.3) is 5.91 Å². The van der Waals surface area contributed by atoms with Gasteiger partial charge in [0, 0.05) is 17.3 Å². The molecule has 1 aromatic heterocycles. The lowest BCUT2D eigenvalue weighted by atomic mass is 10.1. The SMILES string of the molecule is COc1ccc(-c2cc(C(=O)Nc3ccc(C)cc3)n(-c3cc(C)ccc3C)n2)c(OC)c1. The van der Waals surface area contributed by atoms with E-state index in [2.05, 4.69) is 5.32 Å². The molecule has 1 N–H and O–H groups in total. The molecule has 0 unspecified atom stereocenters. The molecule has 6 nitrogen and oxygen atoms in total. The molecule has 0 saturated heterocycles. The van der Waals surface area contributed by atoms with Crippen molar-refractivity contribution in [3.05, 3.63) is 89.1 Å². The van der Waals surface area contributed by atoms with Crippen LogP contribution in [-0.2, 0) is 0 Å². The van der Waals surface area contributed by atoms with Crippen molar-refractivity contribution in [2.24, 2.45) is 0 Å². The minimum atomic E-state index is -0.244. The van der Waals surface area contributed by atoms with Crippen molar-refractivity contribution in [1.29, 1.82) is 0 Å². The summed E-state index contributed by atoms with van der Waals surface area (Å²) in [7, 11) is 3.21. The fraction of sp³-hybridized carbons (Fsp3) is 0.185. The number of benzene rings is 3. The molecule has 1 amide bonds. The van der Waals surface area contributed by atoms with Gasteiger partial charge in [0.05, 0.1) is 25.6 Å². The summed E-state index contributed by atoms with van der Waals surface area (Å²) in [6.07, 6.45) is 0. The van der Waals surface area contributed by atoms with Gasteiger partial charge in [0.1, 0.15) is 17.2 Å². The van der Waals surface area contributed by atoms with Crippen molar-refractivity contribution >= 4 is 11.6 Å². The Kier molecular flexibility index (Phi) is 6.18. The van der Waals surface area contributed by atoms with E-state index in [4.69, 9.17) is 14.6 Å². The molecule has 4 aromatic rings. The quantitative estimate of drug-likeness (QED) is 0.415. The van der Waals surface area contributed by atoms with Crippen molar-refractivity contribution in [3.63, 3.8) is 0 Å². The molecule has 0 bridgehead atoms. The summed E-state index contributed by atoms with van der Waals surface area (Å²) in [4.78, 5) is 13.4. The number of aryl methyl sites for hydroxylation is 3. The van der Waals surface area contributed by atoms with Crippen molar-refractivity contribution in [2.75, 3.05) is 19.5 Å². The summed E-state index contributed by atoms with van der Waals surface area (Å²) in [6.45, 7) is 6.04. The average Bonchev–Trinajstić information content (AvgIpc) is 3.26. The normalized spacial score (nSPS) is 10.7. The van der Waals surface area contributed by atoms with E-state index in [1.807, 2.05) is 75.4 Å². The van der Waals surface area contributed by atoms with Gasteiger partial charge in [0.2, 0.25) is 0 Å². The number of hydrogen-bond donors (Lipinski definition) is 1. The van der Waals surface area contributed by atoms with Gasteiger partial charge in [0.15, 0.2) is 0 Å². The van der Waals surface area contributed by atoms with Gasteiger partial charge in [-0.25, -0.2) is 4.68 Å². The van der Waals surface area contributed by atoms with Crippen LogP contribution in [0.2, 0.25) is 0 Å². The Hall–Kier alpha value is -4.06. The first-order chi connectivity index (χ1) is 15.9. The van der Waals surface area contributed by atoms with Crippen molar-refractivity contribution in [2.45, 2.75) is 20.8 Å². The molecule has 3 aromatic carbocycles. The van der Waals surface area contributed by atoms with Gasteiger partial charge in [-0.05, 0) is 68.3 Å². The third-order valence-corrected chi connectivity index (χ3v) is 5.53. The molecule has 0 atom stereocenters. The average molecular weight is 442 g/mol. The maximum atomic E-state index is 13.4. The Morgan fingerprint density at radius 3 is 2.27 bits per heavy atom. The number of aromatic nitrogens is 2. The van der Waals surface area contributed by atoms with Crippen molar-refractivity contribution in [1.82, 2.24) is 9.78 Å². The Balaban J connectivity index is 1.84. The van der Waals surface area contributed by atoms with Crippen LogP contribution in [-0.4, -0.2) is 29.9 Å². The van der Waals surface area contributed by atoms with E-state index < -0.39 is 0 Å². The van der Waals surface area contributed by atoms with E-state index in [1.165, 1.54) is 0 Å². The van der Waals surface area contributed by atoms with Crippen LogP contribution in [0.15, 0.2) is 66.7 Å². The van der Waals surface area contributed by atoms with E-state index in [1.54, 1.807) is 31.0 Å². The highest BCUT2D eigenvalue weighted by Gasteiger charge is 2.21. The summed E-state index contributed by atoms with van der Waals surface area (Å²) < 4.78 is 12.6. The number of carbonyl (C=O) groups is 1. The van der Waals surface area contributed by atoms with Crippen molar-refractivity contribution < 1.29 is 14.3 Å². The number of nitrogens with one attached hydrogen (secondary N) is 1. The maximum Gasteiger partial charge on any atom is 0.274 e. The van der Waals surface area contributed by atoms with Crippen molar-refractivity contribution in [3.8, 4) is 28.4 Å². The number of amides is 1. The predicted octanol–water partition coefficient (Wildman–Crippen LogP) is 5.73. The lowest BCUT2D eigenvalue weighted by molar-refractivity contribution is 0.101. The van der Waals surface area contributed by atoms with Crippen LogP contribution in [0.1, 0.15) is 27.2 Å². The number of ether oxygens (including phenoxy) is 2. The zero-order chi connectivity index (χ0) is 23.5. The monoisotopic (exact) mass is 441 g/mol. The summed E-state index contributed by atoms with van der Waals surface area (Å²) in [5.74, 6) is 1.05. The molecule has 0 radical (unpaired) electrons. The maximum absolute atomic E-state index is 13.4. The first kappa shape index (κ1) is 22.1. The molecule has 4 rings (SSSR count). The lowest BCUT2D eigenvalue weighted by Gasteiger charge is -2.12. The Morgan fingerprint density at radius 2 is 1.58 bits per heavy atom. The number of anilines is 1. The molecule has 0 aliphatic heterocycles. The highest BCUT2D eigenvalue weighted by Crippen LogP contribution is 2.34. The Bertz CT molecular complexity index is 1310. The van der Waals surface area contributed by atoms with E-state index in [0.717, 1.165) is 33.6 Å². The Labute approximate surface area is 193 Å². The van der Waals surface area contributed by atoms with Gasteiger partial charge in [-0.1, -0.05) is 29.8 Å². The molecule has 0 aliphatic carbocycles. The molecule has 168 valence electrons. The molecule has 0 aliphatic rings. The molecular weight excluding hydrogens is 414 g/mol. The van der Waals surface area contributed by atoms with Gasteiger partial charge < -0.3 is 14.8 Å². The number of methoxy groups -OCH3 is 2. The van der Waals surface area contributed by atoms with E-state index >= 15 is 0 Å². The van der Waals surface area contributed by atoms with Gasteiger partial charge in [-0.2, -0.15) is 5.10 Å². The second-order valence-corrected chi connectivity index (χ2v) is 8.00. The minimum Gasteiger partial charge on any atom is -0.497 e. The predicted molar refractivity (Wildman–Crippen MR) is 131 cm³/mol. The molecule has 0 saturated carbocycles. The summed E-state index contributed by atoms with van der Waals surface area (Å²) in [5, 5.41) is 7.82. The van der Waals surface area contributed by atoms with Crippen LogP contribution < -0.4 is 14.8 Å². The van der Waals surface area contributed by atoms with Crippen LogP contribution in [0.3, 0.4) is 0 Å². The molecular formula is C27H27N3O3. The van der Waals surface area contributed by atoms with Gasteiger partial charge in [-0.3, -0.25) is 4.79 Å². The summed E-state index contributed by atoms with van der Waals surface area (Å²) in [5.41, 5.74) is 6.63. The second-order valence-electron chi connectivity index (χ2n) is 8.00. The highest BCUT2D eigenvalue weighted by molar-refractivity contribution is 6.04. The second kappa shape index (κ2) is 9.20. The fourth-order valence-corrected chi connectivity index (χ4v) is 3.65. The number of nitrogens with zero attached hydrogens (tertiary/aromatic N) is 2. The van der Waals surface area contributed by atoms with E-state index in [0.29, 0.717) is 22.9 Å². The lowest BCUT2D eigenvalue weighted by Crippen LogP contribution is -2.17. The summed E-state index contributed by atoms with van der Waals surface area (Å²) >= 11 is 0. The minimum absolute atomic E-state index is 0.244. The number of rotatable bonds is 6. The number of hydrogen-bond acceptors (Lipinski definition) is 4. The van der Waals surface area contributed by atoms with Crippen LogP contribution in [0, 0.1) is 20.8 Å². The first-order valence-electron chi connectivity index (χ1n) is 10.7. The number of carbonyl (C=O) groups excluding carboxylic acids is 1. The molecule has 33 heavy (non-hydrogen) atoms. The molecule has 0 spiro atoms. The standard InChI is InChI=1S/C27H27N3O3/c1-17-7-10-20(11-8-17)28-27(31)25-16-23(22-13-12-21(32-4)15-26(22)33-5)29-30(25)24-14-18(2)6-9-19(24)3/h6-16H,1-5H3,(H,28,31). The smallest absolute Gasteiger partial charge is 0.274 e. The third-order valence-electron chi connectivity index (χ3n) is 5.53. The van der Waals surface area contributed by atoms with Gasteiger partial charge in [-0.15, -0.1) is 0 Å². The molecule has 6 heteroatoms. The highest BCUT2D eigenvalue weighted by atomic mass is 16.5. The fourth-order valence-electron chi connectivity index (χ4n) is 3.65. The topological polar surface area (TPSA) is 65.4 Å². The zero-order valence-electron chi connectivity index (χ0n) is 19.5. The van der Waals surface area contributed by atoms with Crippen LogP contribution in [0.5, 0.6) is 11.5 Å². The van der Waals surface area contributed by atoms with Gasteiger partial charge >= 0.3 is 0 Å². The van der Waals surface area contributed by atoms with Crippen LogP contribution in [0.25, 0.3) is 16.9 Å². The largest absolute Gasteiger partial charge is 0.497 e. The third kappa shape index (κ3) is 4.60. The van der Waals surface area contributed by atoms with E-state index in [9.17, 15) is 4.79 Å². The van der Waals surface area contributed by atoms with E-state index in [-0.39, 0.29) is 5.91 Å². The Morgan fingerprint density at radius 1 is 0.848 bits per heavy atom.